The number of halogens is 1. The van der Waals surface area contributed by atoms with Gasteiger partial charge in [-0.05, 0) is 0 Å². The molecule has 1 unspecified atom stereocenters. The number of nitrogens with zero attached hydrogens (tertiary/aromatic N) is 1. The van der Waals surface area contributed by atoms with E-state index in [-0.39, 0.29) is 32.7 Å². The molecule has 0 aromatic heterocycles. The molecule has 2 aliphatic heterocycles. The molecule has 1 saturated heterocycles. The van der Waals surface area contributed by atoms with Crippen molar-refractivity contribution in [2.45, 2.75) is 38.6 Å². The number of rotatable bonds is 3. The van der Waals surface area contributed by atoms with E-state index in [4.69, 9.17) is 4.99 Å². The molecule has 0 radical (unpaired) electrons. The summed E-state index contributed by atoms with van der Waals surface area (Å²) in [7, 11) is 0. The predicted octanol–water partition coefficient (Wildman–Crippen LogP) is -1.82. The minimum atomic E-state index is -0.315. The number of alkyl halides is 2. The van der Waals surface area contributed by atoms with E-state index in [0.717, 1.165) is 29.5 Å². The van der Waals surface area contributed by atoms with Crippen molar-refractivity contribution in [2.75, 3.05) is 8.86 Å². The van der Waals surface area contributed by atoms with Gasteiger partial charge in [0.15, 0.2) is 0 Å². The van der Waals surface area contributed by atoms with Crippen LogP contribution >= 0.6 is 0 Å². The van der Waals surface area contributed by atoms with E-state index in [2.05, 4.69) is 19.2 Å². The standard InChI is InChI=1S/C11H18IN2O/c1-3-4-8(2)9-13-10(15)11(14-9)5-6-12-7-11/h8H,3-7H2,1-2H3,(H,13,14,15)/q-1/t8-,11?/m0/s1. The molecule has 4 heteroatoms. The molecule has 0 aliphatic carbocycles. The van der Waals surface area contributed by atoms with Crippen LogP contribution < -0.4 is 26.5 Å². The molecule has 1 N–H and O–H groups in total. The van der Waals surface area contributed by atoms with Crippen molar-refractivity contribution >= 4 is 11.7 Å². The monoisotopic (exact) mass is 321 g/mol. The molecule has 1 spiro atoms. The number of hydrogen-bond acceptors (Lipinski definition) is 2. The Bertz CT molecular complexity index is 295. The van der Waals surface area contributed by atoms with Crippen molar-refractivity contribution in [3.05, 3.63) is 0 Å². The molecule has 15 heavy (non-hydrogen) atoms. The zero-order valence-corrected chi connectivity index (χ0v) is 11.5. The minimum absolute atomic E-state index is 0.178. The van der Waals surface area contributed by atoms with Crippen molar-refractivity contribution in [3.63, 3.8) is 0 Å². The summed E-state index contributed by atoms with van der Waals surface area (Å²) >= 11 is 0.237. The van der Waals surface area contributed by atoms with Crippen molar-refractivity contribution in [1.29, 1.82) is 0 Å². The number of aliphatic imine (C=N–C) groups is 1. The van der Waals surface area contributed by atoms with Crippen molar-refractivity contribution in [2.24, 2.45) is 10.9 Å². The van der Waals surface area contributed by atoms with E-state index in [1.807, 2.05) is 0 Å². The van der Waals surface area contributed by atoms with Gasteiger partial charge in [0.05, 0.1) is 0 Å². The number of nitrogens with one attached hydrogen (secondary N) is 1. The van der Waals surface area contributed by atoms with Crippen LogP contribution in [0.2, 0.25) is 0 Å². The van der Waals surface area contributed by atoms with Gasteiger partial charge in [-0.25, -0.2) is 0 Å². The first-order valence-electron chi connectivity index (χ1n) is 5.62. The number of hydrogen-bond donors (Lipinski definition) is 1. The molecule has 2 aliphatic rings. The zero-order valence-electron chi connectivity index (χ0n) is 9.35. The predicted molar refractivity (Wildman–Crippen MR) is 56.7 cm³/mol. The van der Waals surface area contributed by atoms with Gasteiger partial charge in [-0.3, -0.25) is 0 Å². The van der Waals surface area contributed by atoms with Crippen LogP contribution in [-0.2, 0) is 4.79 Å². The van der Waals surface area contributed by atoms with Crippen LogP contribution in [0.25, 0.3) is 0 Å². The van der Waals surface area contributed by atoms with E-state index >= 15 is 0 Å². The first kappa shape index (κ1) is 11.4. The Labute approximate surface area is 101 Å². The Morgan fingerprint density at radius 3 is 3.07 bits per heavy atom. The summed E-state index contributed by atoms with van der Waals surface area (Å²) in [5, 5.41) is 3.00. The van der Waals surface area contributed by atoms with Crippen LogP contribution in [0, 0.1) is 5.92 Å². The SMILES string of the molecule is CCC[C@H](C)C1=NC2(CC[I-]C2)C(=O)N1. The molecule has 2 atom stereocenters. The van der Waals surface area contributed by atoms with E-state index in [1.54, 1.807) is 0 Å². The third-order valence-corrected chi connectivity index (χ3v) is 6.25. The molecule has 0 aromatic carbocycles. The summed E-state index contributed by atoms with van der Waals surface area (Å²) in [6.07, 6.45) is 3.26. The molecule has 0 saturated carbocycles. The Morgan fingerprint density at radius 2 is 2.47 bits per heavy atom. The van der Waals surface area contributed by atoms with Gasteiger partial charge in [-0.2, -0.15) is 0 Å². The van der Waals surface area contributed by atoms with E-state index in [0.29, 0.717) is 5.92 Å². The van der Waals surface area contributed by atoms with Crippen LogP contribution in [0.1, 0.15) is 33.1 Å². The maximum absolute atomic E-state index is 11.9. The molecule has 1 fully saturated rings. The number of carbonyl (C=O) groups excluding carboxylic acids is 1. The van der Waals surface area contributed by atoms with Gasteiger partial charge < -0.3 is 0 Å². The molecule has 86 valence electrons. The second kappa shape index (κ2) is 4.39. The molecule has 0 bridgehead atoms. The Morgan fingerprint density at radius 1 is 1.67 bits per heavy atom. The number of amidine groups is 1. The summed E-state index contributed by atoms with van der Waals surface area (Å²) in [6, 6.07) is 0. The third-order valence-electron chi connectivity index (χ3n) is 3.14. The van der Waals surface area contributed by atoms with Gasteiger partial charge in [0.25, 0.3) is 0 Å². The van der Waals surface area contributed by atoms with Crippen LogP contribution in [0.15, 0.2) is 4.99 Å². The van der Waals surface area contributed by atoms with Crippen LogP contribution in [-0.4, -0.2) is 26.1 Å². The van der Waals surface area contributed by atoms with Gasteiger partial charge >= 0.3 is 101 Å². The fourth-order valence-electron chi connectivity index (χ4n) is 2.12. The average molecular weight is 321 g/mol. The molecule has 3 nitrogen and oxygen atoms in total. The maximum atomic E-state index is 11.9. The van der Waals surface area contributed by atoms with Crippen LogP contribution in [0.4, 0.5) is 0 Å². The summed E-state index contributed by atoms with van der Waals surface area (Å²) < 4.78 is 2.31. The summed E-state index contributed by atoms with van der Waals surface area (Å²) in [6.45, 7) is 4.33. The first-order valence-corrected chi connectivity index (χ1v) is 8.68. The Hall–Kier alpha value is -0.130. The zero-order chi connectivity index (χ0) is 10.9. The first-order chi connectivity index (χ1) is 7.18. The summed E-state index contributed by atoms with van der Waals surface area (Å²) in [5.41, 5.74) is -0.315. The quantitative estimate of drug-likeness (QED) is 0.483. The second-order valence-electron chi connectivity index (χ2n) is 4.43. The molecular weight excluding hydrogens is 303 g/mol. The van der Waals surface area contributed by atoms with Gasteiger partial charge in [-0.15, -0.1) is 0 Å². The normalized spacial score (nSPS) is 32.4. The molecule has 0 aromatic rings. The molecular formula is C11H18IN2O-. The van der Waals surface area contributed by atoms with E-state index < -0.39 is 0 Å². The van der Waals surface area contributed by atoms with Gasteiger partial charge in [-0.1, -0.05) is 0 Å². The average Bonchev–Trinajstić information content (AvgIpc) is 2.78. The van der Waals surface area contributed by atoms with Gasteiger partial charge in [0.1, 0.15) is 0 Å². The van der Waals surface area contributed by atoms with Crippen LogP contribution in [0.5, 0.6) is 0 Å². The van der Waals surface area contributed by atoms with E-state index in [9.17, 15) is 4.79 Å². The number of carbonyl (C=O) groups is 1. The fourth-order valence-corrected chi connectivity index (χ4v) is 5.56. The summed E-state index contributed by atoms with van der Waals surface area (Å²) in [5.74, 6) is 1.54. The fraction of sp³-hybridized carbons (Fsp3) is 0.818. The molecule has 2 rings (SSSR count). The van der Waals surface area contributed by atoms with Crippen LogP contribution in [0.3, 0.4) is 0 Å². The van der Waals surface area contributed by atoms with E-state index in [1.165, 1.54) is 4.43 Å². The van der Waals surface area contributed by atoms with Gasteiger partial charge in [0, 0.05) is 0 Å². The van der Waals surface area contributed by atoms with Gasteiger partial charge in [0.2, 0.25) is 0 Å². The molecule has 1 amide bonds. The van der Waals surface area contributed by atoms with Crippen molar-refractivity contribution in [1.82, 2.24) is 5.32 Å². The topological polar surface area (TPSA) is 41.5 Å². The number of amides is 1. The second-order valence-corrected chi connectivity index (χ2v) is 7.35. The van der Waals surface area contributed by atoms with Crippen molar-refractivity contribution in [3.8, 4) is 0 Å². The Balaban J connectivity index is 2.12. The molecule has 2 heterocycles. The Kier molecular flexibility index (Phi) is 3.33. The van der Waals surface area contributed by atoms with Crippen molar-refractivity contribution < 1.29 is 26.0 Å². The summed E-state index contributed by atoms with van der Waals surface area (Å²) in [4.78, 5) is 16.6. The third kappa shape index (κ3) is 2.05.